The first-order valence-corrected chi connectivity index (χ1v) is 14.2. The smallest absolute Gasteiger partial charge is 0.167 e. The van der Waals surface area contributed by atoms with Gasteiger partial charge in [-0.25, -0.2) is 0 Å². The molecule has 4 nitrogen and oxygen atoms in total. The van der Waals surface area contributed by atoms with Crippen LogP contribution in [-0.4, -0.2) is 60.6 Å². The lowest BCUT2D eigenvalue weighted by Gasteiger charge is -2.29. The van der Waals surface area contributed by atoms with Gasteiger partial charge in [-0.05, 0) is 64.7 Å². The molecule has 0 radical (unpaired) electrons. The minimum absolute atomic E-state index is 0.109. The second kappa shape index (κ2) is 17.2. The number of Topliss-reactive ketones (excluding diaryl/α,β-unsaturated/α-hetero) is 2. The van der Waals surface area contributed by atoms with Crippen LogP contribution in [0.25, 0.3) is 0 Å². The third kappa shape index (κ3) is 9.99. The lowest BCUT2D eigenvalue weighted by molar-refractivity contribution is 0.0808. The summed E-state index contributed by atoms with van der Waals surface area (Å²) in [5, 5.41) is 0. The second-order valence-electron chi connectivity index (χ2n) is 10.0. The van der Waals surface area contributed by atoms with E-state index >= 15 is 0 Å². The summed E-state index contributed by atoms with van der Waals surface area (Å²) in [7, 11) is 0. The van der Waals surface area contributed by atoms with E-state index in [0.29, 0.717) is 0 Å². The molecule has 4 heteroatoms. The maximum atomic E-state index is 13.6. The van der Waals surface area contributed by atoms with Gasteiger partial charge in [-0.2, -0.15) is 0 Å². The van der Waals surface area contributed by atoms with Gasteiger partial charge in [-0.15, -0.1) is 0 Å². The molecule has 0 saturated heterocycles. The van der Waals surface area contributed by atoms with Crippen LogP contribution >= 0.6 is 0 Å². The summed E-state index contributed by atoms with van der Waals surface area (Å²) < 4.78 is 0. The Bertz CT molecular complexity index is 783. The van der Waals surface area contributed by atoms with Gasteiger partial charge < -0.3 is 9.80 Å². The Hall–Kier alpha value is -2.30. The topological polar surface area (TPSA) is 40.6 Å². The van der Waals surface area contributed by atoms with Crippen molar-refractivity contribution in [2.45, 2.75) is 66.2 Å². The standard InChI is InChI=1S/C32H48N2O2/c1-5-21-33(22-6-2)25-29(31(35)27-15-11-9-12-16-27)19-20-30(26-34(23-7-3)24-8-4)32(36)28-17-13-10-14-18-28/h9-18,29-30H,5-8,19-26H2,1-4H3/t29-,30-/m1/s1. The zero-order chi connectivity index (χ0) is 26.2. The fourth-order valence-corrected chi connectivity index (χ4v) is 5.17. The average Bonchev–Trinajstić information content (AvgIpc) is 2.90. The van der Waals surface area contributed by atoms with Crippen molar-refractivity contribution in [3.8, 4) is 0 Å². The first-order valence-electron chi connectivity index (χ1n) is 14.2. The van der Waals surface area contributed by atoms with Crippen LogP contribution in [0, 0.1) is 11.8 Å². The van der Waals surface area contributed by atoms with Gasteiger partial charge in [0.15, 0.2) is 11.6 Å². The van der Waals surface area contributed by atoms with Crippen molar-refractivity contribution in [1.82, 2.24) is 9.80 Å². The molecule has 0 saturated carbocycles. The van der Waals surface area contributed by atoms with Gasteiger partial charge in [0.1, 0.15) is 0 Å². The van der Waals surface area contributed by atoms with Gasteiger partial charge in [0.25, 0.3) is 0 Å². The third-order valence-electron chi connectivity index (χ3n) is 6.84. The number of nitrogens with zero attached hydrogens (tertiary/aromatic N) is 2. The van der Waals surface area contributed by atoms with Crippen LogP contribution in [0.2, 0.25) is 0 Å². The zero-order valence-electron chi connectivity index (χ0n) is 23.1. The first kappa shape index (κ1) is 29.9. The van der Waals surface area contributed by atoms with Crippen LogP contribution in [0.4, 0.5) is 0 Å². The van der Waals surface area contributed by atoms with Crippen LogP contribution in [0.3, 0.4) is 0 Å². The van der Waals surface area contributed by atoms with E-state index in [-0.39, 0.29) is 23.4 Å². The van der Waals surface area contributed by atoms with Crippen molar-refractivity contribution in [2.24, 2.45) is 11.8 Å². The van der Waals surface area contributed by atoms with Crippen molar-refractivity contribution >= 4 is 11.6 Å². The van der Waals surface area contributed by atoms with E-state index in [2.05, 4.69) is 37.5 Å². The third-order valence-corrected chi connectivity index (χ3v) is 6.84. The second-order valence-corrected chi connectivity index (χ2v) is 10.0. The monoisotopic (exact) mass is 492 g/mol. The number of rotatable bonds is 19. The minimum atomic E-state index is -0.109. The number of ketones is 2. The normalized spacial score (nSPS) is 13.2. The summed E-state index contributed by atoms with van der Waals surface area (Å²) >= 11 is 0. The van der Waals surface area contributed by atoms with Crippen molar-refractivity contribution in [3.05, 3.63) is 71.8 Å². The molecule has 0 fully saturated rings. The number of carbonyl (C=O) groups excluding carboxylic acids is 2. The predicted molar refractivity (Wildman–Crippen MR) is 152 cm³/mol. The average molecular weight is 493 g/mol. The van der Waals surface area contributed by atoms with Gasteiger partial charge in [0.2, 0.25) is 0 Å². The molecule has 0 aliphatic heterocycles. The molecule has 0 aliphatic rings. The van der Waals surface area contributed by atoms with Gasteiger partial charge in [-0.3, -0.25) is 9.59 Å². The molecule has 2 rings (SSSR count). The quantitative estimate of drug-likeness (QED) is 0.198. The van der Waals surface area contributed by atoms with Crippen LogP contribution < -0.4 is 0 Å². The van der Waals surface area contributed by atoms with Gasteiger partial charge in [0.05, 0.1) is 0 Å². The van der Waals surface area contributed by atoms with Gasteiger partial charge in [0, 0.05) is 36.1 Å². The maximum absolute atomic E-state index is 13.6. The summed E-state index contributed by atoms with van der Waals surface area (Å²) in [6, 6.07) is 19.4. The highest BCUT2D eigenvalue weighted by atomic mass is 16.1. The van der Waals surface area contributed by atoms with Crippen molar-refractivity contribution in [3.63, 3.8) is 0 Å². The Balaban J connectivity index is 2.27. The number of hydrogen-bond donors (Lipinski definition) is 0. The largest absolute Gasteiger partial charge is 0.303 e. The lowest BCUT2D eigenvalue weighted by Crippen LogP contribution is -2.37. The summed E-state index contributed by atoms with van der Waals surface area (Å²) in [6.45, 7) is 14.3. The summed E-state index contributed by atoms with van der Waals surface area (Å²) in [5.41, 5.74) is 1.56. The molecule has 0 spiro atoms. The maximum Gasteiger partial charge on any atom is 0.167 e. The molecular weight excluding hydrogens is 444 g/mol. The van der Waals surface area contributed by atoms with Crippen molar-refractivity contribution in [2.75, 3.05) is 39.3 Å². The molecule has 2 aromatic carbocycles. The van der Waals surface area contributed by atoms with E-state index in [4.69, 9.17) is 0 Å². The summed E-state index contributed by atoms with van der Waals surface area (Å²) in [5.74, 6) is 0.195. The number of benzene rings is 2. The van der Waals surface area contributed by atoms with Crippen molar-refractivity contribution in [1.29, 1.82) is 0 Å². The van der Waals surface area contributed by atoms with Crippen LogP contribution in [-0.2, 0) is 0 Å². The fourth-order valence-electron chi connectivity index (χ4n) is 5.17. The molecule has 0 unspecified atom stereocenters. The summed E-state index contributed by atoms with van der Waals surface area (Å²) in [6.07, 6.45) is 5.75. The molecule has 0 bridgehead atoms. The Morgan fingerprint density at radius 3 is 1.14 bits per heavy atom. The lowest BCUT2D eigenvalue weighted by atomic mass is 9.86. The fraction of sp³-hybridized carbons (Fsp3) is 0.562. The predicted octanol–water partition coefficient (Wildman–Crippen LogP) is 7.01. The molecule has 0 heterocycles. The highest BCUT2D eigenvalue weighted by molar-refractivity contribution is 5.99. The van der Waals surface area contributed by atoms with E-state index in [1.807, 2.05) is 60.7 Å². The van der Waals surface area contributed by atoms with E-state index < -0.39 is 0 Å². The molecule has 2 atom stereocenters. The van der Waals surface area contributed by atoms with E-state index in [1.165, 1.54) is 0 Å². The SMILES string of the molecule is CCCN(CCC)C[C@@H](CC[C@H](CN(CCC)CCC)C(=O)c1ccccc1)C(=O)c1ccccc1. The molecule has 0 amide bonds. The van der Waals surface area contributed by atoms with Gasteiger partial charge >= 0.3 is 0 Å². The summed E-state index contributed by atoms with van der Waals surface area (Å²) in [4.78, 5) is 32.2. The Morgan fingerprint density at radius 1 is 0.556 bits per heavy atom. The molecule has 2 aromatic rings. The van der Waals surface area contributed by atoms with E-state index in [9.17, 15) is 9.59 Å². The minimum Gasteiger partial charge on any atom is -0.303 e. The highest BCUT2D eigenvalue weighted by Gasteiger charge is 2.28. The van der Waals surface area contributed by atoms with E-state index in [0.717, 1.165) is 88.9 Å². The highest BCUT2D eigenvalue weighted by Crippen LogP contribution is 2.23. The van der Waals surface area contributed by atoms with Crippen LogP contribution in [0.15, 0.2) is 60.7 Å². The van der Waals surface area contributed by atoms with Gasteiger partial charge in [-0.1, -0.05) is 88.4 Å². The molecule has 36 heavy (non-hydrogen) atoms. The molecule has 0 N–H and O–H groups in total. The first-order chi connectivity index (χ1) is 17.5. The van der Waals surface area contributed by atoms with Crippen LogP contribution in [0.5, 0.6) is 0 Å². The zero-order valence-corrected chi connectivity index (χ0v) is 23.1. The Labute approximate surface area is 220 Å². The van der Waals surface area contributed by atoms with Crippen LogP contribution in [0.1, 0.15) is 86.9 Å². The van der Waals surface area contributed by atoms with Crippen molar-refractivity contribution < 1.29 is 9.59 Å². The molecule has 0 aliphatic carbocycles. The molecule has 0 aromatic heterocycles. The Kier molecular flexibility index (Phi) is 14.3. The Morgan fingerprint density at radius 2 is 0.861 bits per heavy atom. The number of hydrogen-bond acceptors (Lipinski definition) is 4. The molecular formula is C32H48N2O2. The van der Waals surface area contributed by atoms with E-state index in [1.54, 1.807) is 0 Å². The molecule has 198 valence electrons. The number of carbonyl (C=O) groups is 2.